The summed E-state index contributed by atoms with van der Waals surface area (Å²) >= 11 is 0. The molecule has 1 aliphatic heterocycles. The molecule has 0 spiro atoms. The maximum Gasteiger partial charge on any atom is 0.407 e. The summed E-state index contributed by atoms with van der Waals surface area (Å²) in [6.07, 6.45) is 0.481. The van der Waals surface area contributed by atoms with E-state index in [-0.39, 0.29) is 11.9 Å². The van der Waals surface area contributed by atoms with Crippen LogP contribution in [0.2, 0.25) is 0 Å². The number of rotatable bonds is 3. The topological polar surface area (TPSA) is 108 Å². The Morgan fingerprint density at radius 1 is 1.30 bits per heavy atom. The van der Waals surface area contributed by atoms with Crippen molar-refractivity contribution in [1.82, 2.24) is 4.90 Å². The monoisotopic (exact) mass is 279 g/mol. The van der Waals surface area contributed by atoms with Crippen LogP contribution in [0.1, 0.15) is 18.4 Å². The van der Waals surface area contributed by atoms with Gasteiger partial charge >= 0.3 is 6.09 Å². The second kappa shape index (κ2) is 6.14. The van der Waals surface area contributed by atoms with Crippen LogP contribution >= 0.6 is 0 Å². The lowest BCUT2D eigenvalue weighted by Gasteiger charge is -2.30. The molecule has 1 aromatic rings. The van der Waals surface area contributed by atoms with Crippen LogP contribution in [0.4, 0.5) is 4.79 Å². The van der Waals surface area contributed by atoms with Gasteiger partial charge in [0, 0.05) is 31.5 Å². The third-order valence-corrected chi connectivity index (χ3v) is 3.27. The third-order valence-electron chi connectivity index (χ3n) is 3.27. The van der Waals surface area contributed by atoms with Gasteiger partial charge in [0.2, 0.25) is 0 Å². The van der Waals surface area contributed by atoms with Crippen LogP contribution in [0.25, 0.3) is 0 Å². The van der Waals surface area contributed by atoms with Crippen LogP contribution in [0.15, 0.2) is 29.4 Å². The van der Waals surface area contributed by atoms with Gasteiger partial charge in [-0.3, -0.25) is 0 Å². The first-order valence-corrected chi connectivity index (χ1v) is 6.32. The number of amides is 1. The zero-order chi connectivity index (χ0) is 14.5. The molecule has 108 valence electrons. The Labute approximate surface area is 116 Å². The zero-order valence-electron chi connectivity index (χ0n) is 10.9. The highest BCUT2D eigenvalue weighted by Crippen LogP contribution is 2.19. The van der Waals surface area contributed by atoms with Gasteiger partial charge in [-0.2, -0.15) is 0 Å². The van der Waals surface area contributed by atoms with Gasteiger partial charge in [-0.25, -0.2) is 4.79 Å². The lowest BCUT2D eigenvalue weighted by molar-refractivity contribution is 0.0895. The Bertz CT molecular complexity index is 493. The first-order valence-electron chi connectivity index (χ1n) is 6.32. The van der Waals surface area contributed by atoms with Gasteiger partial charge in [0.25, 0.3) is 0 Å². The third kappa shape index (κ3) is 3.31. The van der Waals surface area contributed by atoms with Gasteiger partial charge in [0.15, 0.2) is 5.84 Å². The highest BCUT2D eigenvalue weighted by molar-refractivity contribution is 5.97. The van der Waals surface area contributed by atoms with Gasteiger partial charge in [-0.05, 0) is 24.3 Å². The quantitative estimate of drug-likeness (QED) is 0.334. The molecule has 1 aromatic carbocycles. The van der Waals surface area contributed by atoms with E-state index in [0.717, 1.165) is 0 Å². The minimum Gasteiger partial charge on any atom is -0.490 e. The van der Waals surface area contributed by atoms with Crippen molar-refractivity contribution in [3.8, 4) is 5.75 Å². The van der Waals surface area contributed by atoms with Crippen LogP contribution < -0.4 is 10.5 Å². The second-order valence-electron chi connectivity index (χ2n) is 4.60. The van der Waals surface area contributed by atoms with Crippen molar-refractivity contribution in [3.63, 3.8) is 0 Å². The Morgan fingerprint density at radius 3 is 2.40 bits per heavy atom. The van der Waals surface area contributed by atoms with Crippen molar-refractivity contribution in [3.05, 3.63) is 29.8 Å². The average molecular weight is 279 g/mol. The van der Waals surface area contributed by atoms with Crippen LogP contribution in [-0.4, -0.2) is 46.3 Å². The summed E-state index contributed by atoms with van der Waals surface area (Å²) < 4.78 is 5.79. The van der Waals surface area contributed by atoms with Crippen LogP contribution in [-0.2, 0) is 0 Å². The number of amidine groups is 1. The van der Waals surface area contributed by atoms with Crippen LogP contribution in [0.5, 0.6) is 5.75 Å². The summed E-state index contributed by atoms with van der Waals surface area (Å²) in [5.74, 6) is 0.736. The van der Waals surface area contributed by atoms with Crippen molar-refractivity contribution < 1.29 is 19.8 Å². The molecule has 0 radical (unpaired) electrons. The standard InChI is InChI=1S/C13H17N3O4/c14-12(15-19)9-1-3-10(4-2-9)20-11-5-7-16(8-6-11)13(17)18/h1-4,11,19H,5-8H2,(H2,14,15)(H,17,18). The first-order chi connectivity index (χ1) is 9.60. The fourth-order valence-electron chi connectivity index (χ4n) is 2.12. The van der Waals surface area contributed by atoms with E-state index in [4.69, 9.17) is 20.8 Å². The Morgan fingerprint density at radius 2 is 1.90 bits per heavy atom. The first kappa shape index (κ1) is 14.0. The molecule has 4 N–H and O–H groups in total. The molecule has 1 heterocycles. The van der Waals surface area contributed by atoms with Gasteiger partial charge < -0.3 is 25.7 Å². The maximum absolute atomic E-state index is 10.8. The van der Waals surface area contributed by atoms with E-state index in [1.807, 2.05) is 0 Å². The highest BCUT2D eigenvalue weighted by atomic mass is 16.5. The number of ether oxygens (including phenoxy) is 1. The van der Waals surface area contributed by atoms with Crippen LogP contribution in [0.3, 0.4) is 0 Å². The summed E-state index contributed by atoms with van der Waals surface area (Å²) in [4.78, 5) is 12.2. The van der Waals surface area contributed by atoms with Crippen molar-refractivity contribution in [2.75, 3.05) is 13.1 Å². The van der Waals surface area contributed by atoms with Crippen molar-refractivity contribution in [1.29, 1.82) is 0 Å². The normalized spacial score (nSPS) is 17.0. The minimum atomic E-state index is -0.883. The molecule has 1 aliphatic rings. The van der Waals surface area contributed by atoms with E-state index in [0.29, 0.717) is 37.2 Å². The summed E-state index contributed by atoms with van der Waals surface area (Å²) in [6.45, 7) is 0.977. The summed E-state index contributed by atoms with van der Waals surface area (Å²) in [5.41, 5.74) is 6.08. The molecule has 0 unspecified atom stereocenters. The molecule has 2 rings (SSSR count). The number of carbonyl (C=O) groups is 1. The number of nitrogens with zero attached hydrogens (tertiary/aromatic N) is 2. The number of piperidine rings is 1. The molecule has 0 bridgehead atoms. The van der Waals surface area contributed by atoms with E-state index in [2.05, 4.69) is 5.16 Å². The lowest BCUT2D eigenvalue weighted by atomic mass is 10.1. The smallest absolute Gasteiger partial charge is 0.407 e. The Kier molecular flexibility index (Phi) is 4.29. The molecule has 20 heavy (non-hydrogen) atoms. The predicted molar refractivity (Wildman–Crippen MR) is 72.2 cm³/mol. The van der Waals surface area contributed by atoms with Gasteiger partial charge in [0.05, 0.1) is 0 Å². The molecule has 0 aromatic heterocycles. The molecule has 7 heteroatoms. The highest BCUT2D eigenvalue weighted by Gasteiger charge is 2.23. The lowest BCUT2D eigenvalue weighted by Crippen LogP contribution is -2.41. The fourth-order valence-corrected chi connectivity index (χ4v) is 2.12. The zero-order valence-corrected chi connectivity index (χ0v) is 10.9. The number of hydrogen-bond acceptors (Lipinski definition) is 4. The van der Waals surface area contributed by atoms with E-state index in [1.165, 1.54) is 4.90 Å². The molecule has 1 saturated heterocycles. The molecule has 7 nitrogen and oxygen atoms in total. The number of oxime groups is 1. The largest absolute Gasteiger partial charge is 0.490 e. The number of carboxylic acid groups (broad SMARTS) is 1. The second-order valence-corrected chi connectivity index (χ2v) is 4.60. The predicted octanol–water partition coefficient (Wildman–Crippen LogP) is 1.30. The van der Waals surface area contributed by atoms with Crippen molar-refractivity contribution in [2.45, 2.75) is 18.9 Å². The van der Waals surface area contributed by atoms with E-state index in [9.17, 15) is 4.79 Å². The van der Waals surface area contributed by atoms with E-state index >= 15 is 0 Å². The molecule has 0 saturated carbocycles. The Balaban J connectivity index is 1.90. The van der Waals surface area contributed by atoms with Crippen molar-refractivity contribution >= 4 is 11.9 Å². The van der Waals surface area contributed by atoms with Crippen molar-refractivity contribution in [2.24, 2.45) is 10.9 Å². The number of nitrogens with two attached hydrogens (primary N) is 1. The molecular weight excluding hydrogens is 262 g/mol. The Hall–Kier alpha value is -2.44. The summed E-state index contributed by atoms with van der Waals surface area (Å²) in [5, 5.41) is 20.4. The summed E-state index contributed by atoms with van der Waals surface area (Å²) in [7, 11) is 0. The maximum atomic E-state index is 10.8. The number of hydrogen-bond donors (Lipinski definition) is 3. The summed E-state index contributed by atoms with van der Waals surface area (Å²) in [6, 6.07) is 6.90. The molecule has 1 amide bonds. The SMILES string of the molecule is NC(=NO)c1ccc(OC2CCN(C(=O)O)CC2)cc1. The minimum absolute atomic E-state index is 0.0142. The van der Waals surface area contributed by atoms with E-state index < -0.39 is 6.09 Å². The van der Waals surface area contributed by atoms with Crippen LogP contribution in [0, 0.1) is 0 Å². The molecular formula is C13H17N3O4. The van der Waals surface area contributed by atoms with Gasteiger partial charge in [-0.15, -0.1) is 0 Å². The average Bonchev–Trinajstić information content (AvgIpc) is 2.48. The fraction of sp³-hybridized carbons (Fsp3) is 0.385. The van der Waals surface area contributed by atoms with Gasteiger partial charge in [0.1, 0.15) is 11.9 Å². The van der Waals surface area contributed by atoms with Gasteiger partial charge in [-0.1, -0.05) is 5.16 Å². The number of benzene rings is 1. The van der Waals surface area contributed by atoms with E-state index in [1.54, 1.807) is 24.3 Å². The molecule has 0 atom stereocenters. The molecule has 0 aliphatic carbocycles. The molecule has 1 fully saturated rings. The number of likely N-dealkylation sites (tertiary alicyclic amines) is 1.